The van der Waals surface area contributed by atoms with Crippen LogP contribution in [0, 0.1) is 5.92 Å². The molecule has 1 aromatic rings. The fourth-order valence-electron chi connectivity index (χ4n) is 2.11. The molecule has 2 rings (SSSR count). The number of likely N-dealkylation sites (tertiary alicyclic amines) is 1. The second kappa shape index (κ2) is 4.94. The van der Waals surface area contributed by atoms with Gasteiger partial charge in [0, 0.05) is 19.5 Å². The zero-order chi connectivity index (χ0) is 10.7. The molecule has 2 heterocycles. The SMILES string of the molecule is Cn1ncnc1CN1CCC(CCCl)C1. The van der Waals surface area contributed by atoms with Crippen molar-refractivity contribution in [3.8, 4) is 0 Å². The first-order valence-corrected chi connectivity index (χ1v) is 5.94. The van der Waals surface area contributed by atoms with Gasteiger partial charge in [-0.3, -0.25) is 9.58 Å². The molecule has 4 nitrogen and oxygen atoms in total. The maximum absolute atomic E-state index is 5.75. The van der Waals surface area contributed by atoms with Gasteiger partial charge < -0.3 is 0 Å². The van der Waals surface area contributed by atoms with Gasteiger partial charge in [-0.25, -0.2) is 4.98 Å². The second-order valence-corrected chi connectivity index (χ2v) is 4.55. The average Bonchev–Trinajstić information content (AvgIpc) is 2.79. The van der Waals surface area contributed by atoms with Gasteiger partial charge in [-0.2, -0.15) is 5.10 Å². The summed E-state index contributed by atoms with van der Waals surface area (Å²) in [5.41, 5.74) is 0. The summed E-state index contributed by atoms with van der Waals surface area (Å²) in [6.45, 7) is 3.23. The predicted molar refractivity (Wildman–Crippen MR) is 59.7 cm³/mol. The fourth-order valence-corrected chi connectivity index (χ4v) is 2.42. The molecule has 1 aliphatic heterocycles. The minimum atomic E-state index is 0.774. The van der Waals surface area contributed by atoms with Crippen LogP contribution >= 0.6 is 11.6 Å². The van der Waals surface area contributed by atoms with Crippen LogP contribution in [0.25, 0.3) is 0 Å². The van der Waals surface area contributed by atoms with Crippen molar-refractivity contribution in [3.63, 3.8) is 0 Å². The van der Waals surface area contributed by atoms with Gasteiger partial charge in [0.25, 0.3) is 0 Å². The largest absolute Gasteiger partial charge is 0.296 e. The number of rotatable bonds is 4. The zero-order valence-electron chi connectivity index (χ0n) is 9.06. The van der Waals surface area contributed by atoms with Crippen LogP contribution in [-0.4, -0.2) is 38.6 Å². The molecule has 1 saturated heterocycles. The molecule has 0 amide bonds. The van der Waals surface area contributed by atoms with Crippen molar-refractivity contribution in [2.24, 2.45) is 13.0 Å². The molecule has 0 spiro atoms. The third-order valence-electron chi connectivity index (χ3n) is 3.06. The molecule has 1 atom stereocenters. The maximum Gasteiger partial charge on any atom is 0.140 e. The Morgan fingerprint density at radius 2 is 2.47 bits per heavy atom. The van der Waals surface area contributed by atoms with E-state index in [1.54, 1.807) is 6.33 Å². The molecule has 1 aliphatic rings. The summed E-state index contributed by atoms with van der Waals surface area (Å²) < 4.78 is 1.84. The van der Waals surface area contributed by atoms with Gasteiger partial charge >= 0.3 is 0 Å². The molecule has 0 radical (unpaired) electrons. The first-order chi connectivity index (χ1) is 7.29. The summed E-state index contributed by atoms with van der Waals surface area (Å²) in [7, 11) is 1.94. The van der Waals surface area contributed by atoms with Crippen molar-refractivity contribution in [1.29, 1.82) is 0 Å². The molecule has 0 N–H and O–H groups in total. The number of aromatic nitrogens is 3. The molecule has 0 aliphatic carbocycles. The van der Waals surface area contributed by atoms with Crippen molar-refractivity contribution in [2.75, 3.05) is 19.0 Å². The van der Waals surface area contributed by atoms with Crippen molar-refractivity contribution in [3.05, 3.63) is 12.2 Å². The van der Waals surface area contributed by atoms with E-state index >= 15 is 0 Å². The third kappa shape index (κ3) is 2.69. The molecule has 0 aromatic carbocycles. The van der Waals surface area contributed by atoms with E-state index in [1.807, 2.05) is 11.7 Å². The maximum atomic E-state index is 5.75. The third-order valence-corrected chi connectivity index (χ3v) is 3.28. The van der Waals surface area contributed by atoms with Gasteiger partial charge in [0.2, 0.25) is 0 Å². The lowest BCUT2D eigenvalue weighted by atomic mass is 10.1. The number of hydrogen-bond donors (Lipinski definition) is 0. The van der Waals surface area contributed by atoms with Crippen LogP contribution in [0.15, 0.2) is 6.33 Å². The molecule has 0 saturated carbocycles. The van der Waals surface area contributed by atoms with Crippen molar-refractivity contribution in [1.82, 2.24) is 19.7 Å². The lowest BCUT2D eigenvalue weighted by molar-refractivity contribution is 0.302. The van der Waals surface area contributed by atoms with E-state index in [0.29, 0.717) is 0 Å². The molecule has 1 unspecified atom stereocenters. The highest BCUT2D eigenvalue weighted by atomic mass is 35.5. The van der Waals surface area contributed by atoms with Gasteiger partial charge in [-0.1, -0.05) is 0 Å². The summed E-state index contributed by atoms with van der Waals surface area (Å²) in [5, 5.41) is 4.07. The van der Waals surface area contributed by atoms with E-state index < -0.39 is 0 Å². The number of alkyl halides is 1. The molecule has 0 bridgehead atoms. The van der Waals surface area contributed by atoms with E-state index in [0.717, 1.165) is 43.7 Å². The molecule has 1 fully saturated rings. The van der Waals surface area contributed by atoms with Crippen LogP contribution in [0.1, 0.15) is 18.7 Å². The Kier molecular flexibility index (Phi) is 3.59. The van der Waals surface area contributed by atoms with Gasteiger partial charge in [-0.15, -0.1) is 11.6 Å². The summed E-state index contributed by atoms with van der Waals surface area (Å²) in [6.07, 6.45) is 4.02. The van der Waals surface area contributed by atoms with Crippen molar-refractivity contribution >= 4 is 11.6 Å². The number of hydrogen-bond acceptors (Lipinski definition) is 3. The Bertz CT molecular complexity index is 312. The minimum Gasteiger partial charge on any atom is -0.296 e. The van der Waals surface area contributed by atoms with Crippen LogP contribution in [0.2, 0.25) is 0 Å². The summed E-state index contributed by atoms with van der Waals surface area (Å²) in [6, 6.07) is 0. The lowest BCUT2D eigenvalue weighted by Crippen LogP contribution is -2.22. The van der Waals surface area contributed by atoms with E-state index in [-0.39, 0.29) is 0 Å². The van der Waals surface area contributed by atoms with E-state index in [4.69, 9.17) is 11.6 Å². The van der Waals surface area contributed by atoms with Gasteiger partial charge in [0.15, 0.2) is 0 Å². The van der Waals surface area contributed by atoms with Crippen LogP contribution in [-0.2, 0) is 13.6 Å². The topological polar surface area (TPSA) is 34.0 Å². The first-order valence-electron chi connectivity index (χ1n) is 5.41. The van der Waals surface area contributed by atoms with Crippen LogP contribution < -0.4 is 0 Å². The molecule has 5 heteroatoms. The average molecular weight is 229 g/mol. The Hall–Kier alpha value is -0.610. The summed E-state index contributed by atoms with van der Waals surface area (Å²) in [5.74, 6) is 2.60. The first kappa shape index (κ1) is 10.9. The molecule has 84 valence electrons. The Balaban J connectivity index is 1.85. The van der Waals surface area contributed by atoms with Crippen molar-refractivity contribution in [2.45, 2.75) is 19.4 Å². The standard InChI is InChI=1S/C10H17ClN4/c1-14-10(12-8-13-14)7-15-5-3-9(6-15)2-4-11/h8-9H,2-7H2,1H3. The van der Waals surface area contributed by atoms with E-state index in [1.165, 1.54) is 6.42 Å². The minimum absolute atomic E-state index is 0.774. The summed E-state index contributed by atoms with van der Waals surface area (Å²) in [4.78, 5) is 6.67. The highest BCUT2D eigenvalue weighted by Crippen LogP contribution is 2.21. The smallest absolute Gasteiger partial charge is 0.140 e. The Morgan fingerprint density at radius 3 is 3.13 bits per heavy atom. The summed E-state index contributed by atoms with van der Waals surface area (Å²) >= 11 is 5.75. The predicted octanol–water partition coefficient (Wildman–Crippen LogP) is 1.27. The monoisotopic (exact) mass is 228 g/mol. The van der Waals surface area contributed by atoms with Crippen LogP contribution in [0.4, 0.5) is 0 Å². The molecular weight excluding hydrogens is 212 g/mol. The van der Waals surface area contributed by atoms with Gasteiger partial charge in [0.1, 0.15) is 12.2 Å². The number of halogens is 1. The van der Waals surface area contributed by atoms with E-state index in [2.05, 4.69) is 15.0 Å². The molecule has 1 aromatic heterocycles. The lowest BCUT2D eigenvalue weighted by Gasteiger charge is -2.14. The quantitative estimate of drug-likeness (QED) is 0.728. The molecular formula is C10H17ClN4. The highest BCUT2D eigenvalue weighted by molar-refractivity contribution is 6.17. The highest BCUT2D eigenvalue weighted by Gasteiger charge is 2.22. The van der Waals surface area contributed by atoms with Crippen LogP contribution in [0.3, 0.4) is 0 Å². The normalized spacial score (nSPS) is 22.4. The Morgan fingerprint density at radius 1 is 1.60 bits per heavy atom. The van der Waals surface area contributed by atoms with E-state index in [9.17, 15) is 0 Å². The number of nitrogens with zero attached hydrogens (tertiary/aromatic N) is 4. The van der Waals surface area contributed by atoms with Gasteiger partial charge in [-0.05, 0) is 25.3 Å². The van der Waals surface area contributed by atoms with Crippen molar-refractivity contribution < 1.29 is 0 Å². The zero-order valence-corrected chi connectivity index (χ0v) is 9.82. The molecule has 15 heavy (non-hydrogen) atoms. The Labute approximate surface area is 95.2 Å². The number of aryl methyl sites for hydroxylation is 1. The van der Waals surface area contributed by atoms with Crippen LogP contribution in [0.5, 0.6) is 0 Å². The second-order valence-electron chi connectivity index (χ2n) is 4.17. The van der Waals surface area contributed by atoms with Gasteiger partial charge in [0.05, 0.1) is 6.54 Å². The fraction of sp³-hybridized carbons (Fsp3) is 0.800.